The molecule has 0 bridgehead atoms. The lowest BCUT2D eigenvalue weighted by molar-refractivity contribution is 0.500. The van der Waals surface area contributed by atoms with Crippen molar-refractivity contribution in [2.24, 2.45) is 5.73 Å². The van der Waals surface area contributed by atoms with Crippen LogP contribution in [0.4, 0.5) is 5.69 Å². The van der Waals surface area contributed by atoms with E-state index in [1.54, 1.807) is 0 Å². The third-order valence-electron chi connectivity index (χ3n) is 3.94. The first kappa shape index (κ1) is 13.4. The van der Waals surface area contributed by atoms with Crippen molar-refractivity contribution in [3.8, 4) is 0 Å². The zero-order valence-electron chi connectivity index (χ0n) is 12.2. The molecule has 0 spiro atoms. The molecule has 2 rings (SSSR count). The smallest absolute Gasteiger partial charge is 0.0396 e. The van der Waals surface area contributed by atoms with Crippen LogP contribution in [0.25, 0.3) is 0 Å². The van der Waals surface area contributed by atoms with Gasteiger partial charge in [0, 0.05) is 24.8 Å². The van der Waals surface area contributed by atoms with Crippen LogP contribution in [-0.2, 0) is 5.41 Å². The van der Waals surface area contributed by atoms with Crippen LogP contribution in [-0.4, -0.2) is 19.1 Å². The fourth-order valence-electron chi connectivity index (χ4n) is 2.62. The summed E-state index contributed by atoms with van der Waals surface area (Å²) in [7, 11) is 0. The van der Waals surface area contributed by atoms with Crippen molar-refractivity contribution >= 4 is 5.69 Å². The molecule has 0 amide bonds. The molecule has 0 radical (unpaired) electrons. The fourth-order valence-corrected chi connectivity index (χ4v) is 2.62. The van der Waals surface area contributed by atoms with E-state index in [-0.39, 0.29) is 5.41 Å². The molecule has 2 N–H and O–H groups in total. The Morgan fingerprint density at radius 1 is 1.17 bits per heavy atom. The molecule has 0 atom stereocenters. The maximum atomic E-state index is 5.97. The van der Waals surface area contributed by atoms with Crippen LogP contribution in [0.15, 0.2) is 18.2 Å². The van der Waals surface area contributed by atoms with E-state index in [9.17, 15) is 0 Å². The van der Waals surface area contributed by atoms with E-state index in [0.29, 0.717) is 6.04 Å². The van der Waals surface area contributed by atoms with E-state index in [1.807, 2.05) is 0 Å². The van der Waals surface area contributed by atoms with Gasteiger partial charge in [-0.05, 0) is 42.4 Å². The summed E-state index contributed by atoms with van der Waals surface area (Å²) in [6.45, 7) is 11.2. The first-order valence-electron chi connectivity index (χ1n) is 6.99. The highest BCUT2D eigenvalue weighted by atomic mass is 15.1. The maximum Gasteiger partial charge on any atom is 0.0396 e. The summed E-state index contributed by atoms with van der Waals surface area (Å²) in [5.41, 5.74) is 10.4. The number of aryl methyl sites for hydroxylation is 1. The zero-order valence-corrected chi connectivity index (χ0v) is 12.2. The van der Waals surface area contributed by atoms with Gasteiger partial charge < -0.3 is 10.6 Å². The number of nitrogens with two attached hydrogens (primary N) is 1. The first-order chi connectivity index (χ1) is 8.38. The van der Waals surface area contributed by atoms with Crippen LogP contribution in [0.1, 0.15) is 44.7 Å². The van der Waals surface area contributed by atoms with Crippen LogP contribution < -0.4 is 10.6 Å². The largest absolute Gasteiger partial charge is 0.371 e. The lowest BCUT2D eigenvalue weighted by Gasteiger charge is -2.33. The van der Waals surface area contributed by atoms with E-state index in [2.05, 4.69) is 50.8 Å². The number of hydrogen-bond donors (Lipinski definition) is 1. The van der Waals surface area contributed by atoms with Gasteiger partial charge in [0.1, 0.15) is 0 Å². The Morgan fingerprint density at radius 2 is 1.78 bits per heavy atom. The predicted molar refractivity (Wildman–Crippen MR) is 79.3 cm³/mol. The Labute approximate surface area is 111 Å². The molecule has 0 unspecified atom stereocenters. The molecule has 0 saturated carbocycles. The summed E-state index contributed by atoms with van der Waals surface area (Å²) in [4.78, 5) is 2.48. The van der Waals surface area contributed by atoms with Crippen molar-refractivity contribution in [1.29, 1.82) is 0 Å². The summed E-state index contributed by atoms with van der Waals surface area (Å²) < 4.78 is 0. The van der Waals surface area contributed by atoms with E-state index in [0.717, 1.165) is 25.9 Å². The van der Waals surface area contributed by atoms with Crippen molar-refractivity contribution in [2.45, 2.75) is 52.0 Å². The topological polar surface area (TPSA) is 29.3 Å². The number of piperidine rings is 1. The molecule has 100 valence electrons. The maximum absolute atomic E-state index is 5.97. The van der Waals surface area contributed by atoms with E-state index in [4.69, 9.17) is 5.73 Å². The zero-order chi connectivity index (χ0) is 13.3. The highest BCUT2D eigenvalue weighted by Gasteiger charge is 2.19. The number of nitrogens with zero attached hydrogens (tertiary/aromatic N) is 1. The average Bonchev–Trinajstić information content (AvgIpc) is 2.29. The molecule has 1 fully saturated rings. The summed E-state index contributed by atoms with van der Waals surface area (Å²) in [6.07, 6.45) is 2.22. The van der Waals surface area contributed by atoms with Crippen LogP contribution in [0.5, 0.6) is 0 Å². The molecule has 1 aromatic carbocycles. The SMILES string of the molecule is Cc1cc(C(C)(C)C)ccc1N1CCC(N)CC1. The van der Waals surface area contributed by atoms with Crippen molar-refractivity contribution in [1.82, 2.24) is 0 Å². The molecule has 18 heavy (non-hydrogen) atoms. The number of anilines is 1. The second-order valence-electron chi connectivity index (χ2n) is 6.58. The minimum atomic E-state index is 0.230. The molecule has 2 nitrogen and oxygen atoms in total. The third-order valence-corrected chi connectivity index (χ3v) is 3.94. The number of benzene rings is 1. The van der Waals surface area contributed by atoms with Crippen LogP contribution in [0.2, 0.25) is 0 Å². The lowest BCUT2D eigenvalue weighted by Crippen LogP contribution is -2.40. The lowest BCUT2D eigenvalue weighted by atomic mass is 9.86. The first-order valence-corrected chi connectivity index (χ1v) is 6.99. The summed E-state index contributed by atoms with van der Waals surface area (Å²) in [5.74, 6) is 0. The van der Waals surface area contributed by atoms with Gasteiger partial charge in [0.25, 0.3) is 0 Å². The molecule has 0 aliphatic carbocycles. The Bertz CT molecular complexity index is 410. The Kier molecular flexibility index (Phi) is 3.67. The Morgan fingerprint density at radius 3 is 2.28 bits per heavy atom. The van der Waals surface area contributed by atoms with Gasteiger partial charge in [-0.25, -0.2) is 0 Å². The van der Waals surface area contributed by atoms with Gasteiger partial charge in [-0.2, -0.15) is 0 Å². The van der Waals surface area contributed by atoms with Crippen molar-refractivity contribution in [3.63, 3.8) is 0 Å². The summed E-state index contributed by atoms with van der Waals surface area (Å²) >= 11 is 0. The molecule has 1 aliphatic heterocycles. The molecule has 0 aromatic heterocycles. The quantitative estimate of drug-likeness (QED) is 0.824. The number of rotatable bonds is 1. The highest BCUT2D eigenvalue weighted by Crippen LogP contribution is 2.29. The van der Waals surface area contributed by atoms with Crippen LogP contribution >= 0.6 is 0 Å². The Balaban J connectivity index is 2.20. The third kappa shape index (κ3) is 2.86. The molecule has 2 heteroatoms. The van der Waals surface area contributed by atoms with Gasteiger partial charge in [0.2, 0.25) is 0 Å². The second kappa shape index (κ2) is 4.93. The molecule has 1 heterocycles. The average molecular weight is 246 g/mol. The molecular weight excluding hydrogens is 220 g/mol. The van der Waals surface area contributed by atoms with Gasteiger partial charge in [-0.3, -0.25) is 0 Å². The van der Waals surface area contributed by atoms with E-state index >= 15 is 0 Å². The minimum Gasteiger partial charge on any atom is -0.371 e. The predicted octanol–water partition coefficient (Wildman–Crippen LogP) is 3.22. The normalized spacial score (nSPS) is 18.2. The van der Waals surface area contributed by atoms with Crippen LogP contribution in [0.3, 0.4) is 0 Å². The van der Waals surface area contributed by atoms with Crippen molar-refractivity contribution in [3.05, 3.63) is 29.3 Å². The van der Waals surface area contributed by atoms with Gasteiger partial charge in [0.15, 0.2) is 0 Å². The summed E-state index contributed by atoms with van der Waals surface area (Å²) in [6, 6.07) is 7.29. The monoisotopic (exact) mass is 246 g/mol. The standard InChI is InChI=1S/C16H26N2/c1-12-11-13(16(2,3)4)5-6-15(12)18-9-7-14(17)8-10-18/h5-6,11,14H,7-10,17H2,1-4H3. The fraction of sp³-hybridized carbons (Fsp3) is 0.625. The highest BCUT2D eigenvalue weighted by molar-refractivity contribution is 5.55. The Hall–Kier alpha value is -1.02. The molecular formula is C16H26N2. The van der Waals surface area contributed by atoms with Gasteiger partial charge in [-0.1, -0.05) is 32.9 Å². The molecule has 1 saturated heterocycles. The van der Waals surface area contributed by atoms with Gasteiger partial charge >= 0.3 is 0 Å². The second-order valence-corrected chi connectivity index (χ2v) is 6.58. The van der Waals surface area contributed by atoms with Gasteiger partial charge in [0.05, 0.1) is 0 Å². The minimum absolute atomic E-state index is 0.230. The molecule has 1 aliphatic rings. The summed E-state index contributed by atoms with van der Waals surface area (Å²) in [5, 5.41) is 0. The number of hydrogen-bond acceptors (Lipinski definition) is 2. The van der Waals surface area contributed by atoms with Crippen molar-refractivity contribution in [2.75, 3.05) is 18.0 Å². The molecule has 1 aromatic rings. The van der Waals surface area contributed by atoms with Crippen LogP contribution in [0, 0.1) is 6.92 Å². The van der Waals surface area contributed by atoms with Crippen molar-refractivity contribution < 1.29 is 0 Å². The van der Waals surface area contributed by atoms with E-state index < -0.39 is 0 Å². The van der Waals surface area contributed by atoms with Gasteiger partial charge in [-0.15, -0.1) is 0 Å². The van der Waals surface area contributed by atoms with E-state index in [1.165, 1.54) is 16.8 Å².